The average Bonchev–Trinajstić information content (AvgIpc) is 2.79. The van der Waals surface area contributed by atoms with Crippen LogP contribution in [0.3, 0.4) is 0 Å². The van der Waals surface area contributed by atoms with E-state index in [1.54, 1.807) is 0 Å². The first-order chi connectivity index (χ1) is 16.5. The third-order valence-corrected chi connectivity index (χ3v) is 5.95. The van der Waals surface area contributed by atoms with Crippen molar-refractivity contribution < 1.29 is 36.9 Å². The van der Waals surface area contributed by atoms with Gasteiger partial charge in [-0.15, -0.1) is 0 Å². The molecule has 4 rings (SSSR count). The number of benzene rings is 2. The average molecular weight is 493 g/mol. The van der Waals surface area contributed by atoms with Gasteiger partial charge in [0.2, 0.25) is 11.2 Å². The number of alkyl halides is 3. The van der Waals surface area contributed by atoms with Gasteiger partial charge in [-0.05, 0) is 43.7 Å². The van der Waals surface area contributed by atoms with Crippen LogP contribution >= 0.6 is 0 Å². The van der Waals surface area contributed by atoms with E-state index in [-0.39, 0.29) is 52.3 Å². The second-order valence-electron chi connectivity index (χ2n) is 8.59. The fourth-order valence-corrected chi connectivity index (χ4v) is 4.55. The van der Waals surface area contributed by atoms with Crippen molar-refractivity contribution in [3.8, 4) is 28.4 Å². The maximum Gasteiger partial charge on any atom is 0.450 e. The standard InChI is InChI=1S/C25H26F3NO6/c1-13-10-29(11-14(2)34-13)12-17-18(30)7-6-16-22(31)21(24(25(26,27)28)35-23(16)17)15-5-8-19(32-3)20(9-15)33-4/h5-9,13-14,30H,10-12H2,1-4H3/t13-,14-/m0/s1. The molecule has 0 saturated carbocycles. The molecule has 2 atom stereocenters. The minimum atomic E-state index is -4.97. The Kier molecular flexibility index (Phi) is 6.70. The van der Waals surface area contributed by atoms with Gasteiger partial charge in [-0.3, -0.25) is 9.69 Å². The van der Waals surface area contributed by atoms with Gasteiger partial charge < -0.3 is 23.7 Å². The second kappa shape index (κ2) is 9.43. The molecule has 0 amide bonds. The molecule has 0 bridgehead atoms. The number of hydrogen-bond donors (Lipinski definition) is 1. The number of rotatable bonds is 5. The van der Waals surface area contributed by atoms with Crippen LogP contribution < -0.4 is 14.9 Å². The summed E-state index contributed by atoms with van der Waals surface area (Å²) in [7, 11) is 2.74. The molecule has 2 heterocycles. The van der Waals surface area contributed by atoms with Crippen molar-refractivity contribution in [2.75, 3.05) is 27.3 Å². The lowest BCUT2D eigenvalue weighted by atomic mass is 9.99. The zero-order chi connectivity index (χ0) is 25.5. The lowest BCUT2D eigenvalue weighted by Gasteiger charge is -2.35. The highest BCUT2D eigenvalue weighted by Gasteiger charge is 2.40. The van der Waals surface area contributed by atoms with E-state index in [1.165, 1.54) is 44.6 Å². The normalized spacial score (nSPS) is 19.2. The van der Waals surface area contributed by atoms with E-state index in [9.17, 15) is 23.1 Å². The van der Waals surface area contributed by atoms with E-state index < -0.39 is 22.9 Å². The molecule has 3 aromatic rings. The largest absolute Gasteiger partial charge is 0.507 e. The molecule has 1 N–H and O–H groups in total. The first kappa shape index (κ1) is 24.9. The van der Waals surface area contributed by atoms with Crippen LogP contribution in [0.4, 0.5) is 13.2 Å². The van der Waals surface area contributed by atoms with Gasteiger partial charge in [-0.2, -0.15) is 13.2 Å². The number of ether oxygens (including phenoxy) is 3. The first-order valence-corrected chi connectivity index (χ1v) is 11.0. The van der Waals surface area contributed by atoms with Crippen LogP contribution in [0.1, 0.15) is 25.2 Å². The van der Waals surface area contributed by atoms with Gasteiger partial charge in [-0.25, -0.2) is 0 Å². The molecule has 1 saturated heterocycles. The van der Waals surface area contributed by atoms with Gasteiger partial charge in [0.05, 0.1) is 42.9 Å². The highest BCUT2D eigenvalue weighted by molar-refractivity contribution is 5.87. The highest BCUT2D eigenvalue weighted by Crippen LogP contribution is 2.41. The molecule has 1 aromatic heterocycles. The summed E-state index contributed by atoms with van der Waals surface area (Å²) < 4.78 is 64.0. The molecule has 35 heavy (non-hydrogen) atoms. The maximum atomic E-state index is 14.2. The number of phenols is 1. The molecule has 10 heteroatoms. The van der Waals surface area contributed by atoms with Gasteiger partial charge in [0, 0.05) is 19.6 Å². The number of methoxy groups -OCH3 is 2. The van der Waals surface area contributed by atoms with Crippen LogP contribution in [-0.4, -0.2) is 49.5 Å². The van der Waals surface area contributed by atoms with E-state index in [1.807, 2.05) is 18.7 Å². The van der Waals surface area contributed by atoms with Crippen LogP contribution in [-0.2, 0) is 17.5 Å². The molecular weight excluding hydrogens is 467 g/mol. The zero-order valence-electron chi connectivity index (χ0n) is 19.7. The summed E-state index contributed by atoms with van der Waals surface area (Å²) in [4.78, 5) is 15.4. The Morgan fingerprint density at radius 2 is 1.71 bits per heavy atom. The summed E-state index contributed by atoms with van der Waals surface area (Å²) in [5.41, 5.74) is -1.72. The van der Waals surface area contributed by atoms with E-state index in [0.29, 0.717) is 18.8 Å². The number of nitrogens with zero attached hydrogens (tertiary/aromatic N) is 1. The van der Waals surface area contributed by atoms with Crippen molar-refractivity contribution in [3.05, 3.63) is 51.9 Å². The number of morpholine rings is 1. The van der Waals surface area contributed by atoms with Crippen molar-refractivity contribution in [1.82, 2.24) is 4.90 Å². The predicted octanol–water partition coefficient (Wildman–Crippen LogP) is 4.81. The number of aromatic hydroxyl groups is 1. The van der Waals surface area contributed by atoms with Gasteiger partial charge in [0.1, 0.15) is 11.3 Å². The topological polar surface area (TPSA) is 81.4 Å². The number of hydrogen-bond acceptors (Lipinski definition) is 7. The molecule has 0 radical (unpaired) electrons. The fourth-order valence-electron chi connectivity index (χ4n) is 4.55. The third-order valence-electron chi connectivity index (χ3n) is 5.95. The molecule has 1 aliphatic heterocycles. The molecule has 0 unspecified atom stereocenters. The van der Waals surface area contributed by atoms with Crippen LogP contribution in [0, 0.1) is 0 Å². The second-order valence-corrected chi connectivity index (χ2v) is 8.59. The Morgan fingerprint density at radius 3 is 2.31 bits per heavy atom. The summed E-state index contributed by atoms with van der Waals surface area (Å²) in [5, 5.41) is 10.5. The van der Waals surface area contributed by atoms with Crippen molar-refractivity contribution in [2.24, 2.45) is 0 Å². The summed E-state index contributed by atoms with van der Waals surface area (Å²) in [6.45, 7) is 4.91. The summed E-state index contributed by atoms with van der Waals surface area (Å²) in [5.74, 6) is -1.23. The lowest BCUT2D eigenvalue weighted by Crippen LogP contribution is -2.44. The zero-order valence-corrected chi connectivity index (χ0v) is 19.7. The maximum absolute atomic E-state index is 14.2. The molecule has 1 fully saturated rings. The van der Waals surface area contributed by atoms with Crippen molar-refractivity contribution in [2.45, 2.75) is 38.8 Å². The molecule has 1 aliphatic rings. The number of halogens is 3. The van der Waals surface area contributed by atoms with Crippen LogP contribution in [0.5, 0.6) is 17.2 Å². The molecule has 2 aromatic carbocycles. The first-order valence-electron chi connectivity index (χ1n) is 11.0. The van der Waals surface area contributed by atoms with E-state index in [0.717, 1.165) is 0 Å². The summed E-state index contributed by atoms with van der Waals surface area (Å²) in [6.07, 6.45) is -5.16. The smallest absolute Gasteiger partial charge is 0.450 e. The fraction of sp³-hybridized carbons (Fsp3) is 0.400. The minimum Gasteiger partial charge on any atom is -0.507 e. The Labute approximate surface area is 199 Å². The molecule has 0 spiro atoms. The Balaban J connectivity index is 1.93. The Morgan fingerprint density at radius 1 is 1.06 bits per heavy atom. The lowest BCUT2D eigenvalue weighted by molar-refractivity contribution is -0.152. The summed E-state index contributed by atoms with van der Waals surface area (Å²) >= 11 is 0. The highest BCUT2D eigenvalue weighted by atomic mass is 19.4. The third kappa shape index (κ3) is 4.81. The predicted molar refractivity (Wildman–Crippen MR) is 123 cm³/mol. The van der Waals surface area contributed by atoms with Gasteiger partial charge in [0.15, 0.2) is 11.5 Å². The van der Waals surface area contributed by atoms with Gasteiger partial charge in [0.25, 0.3) is 0 Å². The van der Waals surface area contributed by atoms with Gasteiger partial charge >= 0.3 is 6.18 Å². The number of phenolic OH excluding ortho intramolecular Hbond substituents is 1. The Hall–Kier alpha value is -3.24. The van der Waals surface area contributed by atoms with E-state index in [2.05, 4.69) is 0 Å². The molecule has 7 nitrogen and oxygen atoms in total. The molecule has 0 aliphatic carbocycles. The quantitative estimate of drug-likeness (QED) is 0.546. The van der Waals surface area contributed by atoms with Gasteiger partial charge in [-0.1, -0.05) is 6.07 Å². The van der Waals surface area contributed by atoms with Crippen molar-refractivity contribution >= 4 is 11.0 Å². The van der Waals surface area contributed by atoms with Crippen LogP contribution in [0.15, 0.2) is 39.5 Å². The monoisotopic (exact) mass is 493 g/mol. The Bertz CT molecular complexity index is 1290. The van der Waals surface area contributed by atoms with Crippen LogP contribution in [0.25, 0.3) is 22.1 Å². The van der Waals surface area contributed by atoms with Crippen LogP contribution in [0.2, 0.25) is 0 Å². The van der Waals surface area contributed by atoms with E-state index >= 15 is 0 Å². The molecule has 188 valence electrons. The minimum absolute atomic E-state index is 0.0314. The molecular formula is C25H26F3NO6. The SMILES string of the molecule is COc1ccc(-c2c(C(F)(F)F)oc3c(CN4C[C@H](C)O[C@@H](C)C4)c(O)ccc3c2=O)cc1OC. The number of fused-ring (bicyclic) bond motifs is 1. The van der Waals surface area contributed by atoms with Crippen molar-refractivity contribution in [1.29, 1.82) is 0 Å². The van der Waals surface area contributed by atoms with Crippen molar-refractivity contribution in [3.63, 3.8) is 0 Å². The summed E-state index contributed by atoms with van der Waals surface area (Å²) in [6, 6.07) is 6.62. The van der Waals surface area contributed by atoms with E-state index in [4.69, 9.17) is 18.6 Å².